The van der Waals surface area contributed by atoms with E-state index < -0.39 is 29.3 Å². The maximum atomic E-state index is 13.7. The number of hydrogen-bond donors (Lipinski definition) is 1. The second-order valence-corrected chi connectivity index (χ2v) is 5.58. The van der Waals surface area contributed by atoms with Gasteiger partial charge in [-0.2, -0.15) is 0 Å². The van der Waals surface area contributed by atoms with Gasteiger partial charge in [-0.25, -0.2) is 8.78 Å². The van der Waals surface area contributed by atoms with E-state index in [0.29, 0.717) is 12.2 Å². The van der Waals surface area contributed by atoms with Crippen molar-refractivity contribution in [1.29, 1.82) is 0 Å². The summed E-state index contributed by atoms with van der Waals surface area (Å²) in [5, 5.41) is 4.13. The third kappa shape index (κ3) is 3.60. The molecule has 0 saturated heterocycles. The number of benzene rings is 3. The molecule has 128 valence electrons. The summed E-state index contributed by atoms with van der Waals surface area (Å²) in [6.45, 7) is 1.77. The maximum absolute atomic E-state index is 13.7. The lowest BCUT2D eigenvalue weighted by molar-refractivity contribution is -0.122. The third-order valence-electron chi connectivity index (χ3n) is 3.89. The normalized spacial score (nSPS) is 12.0. The molecule has 1 atom stereocenters. The number of ether oxygens (including phenoxy) is 1. The molecule has 0 aliphatic rings. The van der Waals surface area contributed by atoms with Gasteiger partial charge >= 0.3 is 0 Å². The largest absolute Gasteiger partial charge is 0.480 e. The van der Waals surface area contributed by atoms with E-state index in [-0.39, 0.29) is 0 Å². The Labute approximate surface area is 144 Å². The van der Waals surface area contributed by atoms with Gasteiger partial charge in [0.2, 0.25) is 0 Å². The van der Waals surface area contributed by atoms with Gasteiger partial charge in [0.15, 0.2) is 6.10 Å². The second kappa shape index (κ2) is 7.30. The highest BCUT2D eigenvalue weighted by molar-refractivity contribution is 5.95. The van der Waals surface area contributed by atoms with E-state index >= 15 is 0 Å². The van der Waals surface area contributed by atoms with Gasteiger partial charge in [0.1, 0.15) is 23.1 Å². The van der Waals surface area contributed by atoms with Crippen molar-refractivity contribution in [2.45, 2.75) is 19.4 Å². The molecular formula is C20H17F2NO2. The minimum absolute atomic E-state index is 0.352. The van der Waals surface area contributed by atoms with Gasteiger partial charge in [-0.1, -0.05) is 49.4 Å². The van der Waals surface area contributed by atoms with Gasteiger partial charge in [0, 0.05) is 5.39 Å². The van der Waals surface area contributed by atoms with Crippen molar-refractivity contribution in [2.24, 2.45) is 0 Å². The van der Waals surface area contributed by atoms with Crippen LogP contribution in [0.1, 0.15) is 13.3 Å². The van der Waals surface area contributed by atoms with Gasteiger partial charge < -0.3 is 10.1 Å². The Bertz CT molecular complexity index is 886. The van der Waals surface area contributed by atoms with Gasteiger partial charge in [-0.05, 0) is 30.0 Å². The zero-order valence-corrected chi connectivity index (χ0v) is 13.6. The summed E-state index contributed by atoms with van der Waals surface area (Å²) in [7, 11) is 0. The molecule has 0 aromatic heterocycles. The Morgan fingerprint density at radius 2 is 1.64 bits per heavy atom. The lowest BCUT2D eigenvalue weighted by atomic mass is 10.1. The van der Waals surface area contributed by atoms with E-state index in [1.54, 1.807) is 13.0 Å². The van der Waals surface area contributed by atoms with Crippen molar-refractivity contribution in [2.75, 3.05) is 5.32 Å². The molecule has 3 rings (SSSR count). The van der Waals surface area contributed by atoms with E-state index in [0.717, 1.165) is 22.9 Å². The maximum Gasteiger partial charge on any atom is 0.265 e. The van der Waals surface area contributed by atoms with Gasteiger partial charge in [0.25, 0.3) is 5.91 Å². The first kappa shape index (κ1) is 16.9. The summed E-state index contributed by atoms with van der Waals surface area (Å²) >= 11 is 0. The number of anilines is 1. The number of halogens is 2. The molecule has 0 aliphatic heterocycles. The van der Waals surface area contributed by atoms with Crippen molar-refractivity contribution in [3.05, 3.63) is 72.3 Å². The fraction of sp³-hybridized carbons (Fsp3) is 0.150. The Morgan fingerprint density at radius 3 is 2.36 bits per heavy atom. The van der Waals surface area contributed by atoms with Crippen LogP contribution in [0.4, 0.5) is 14.5 Å². The molecular weight excluding hydrogens is 324 g/mol. The molecule has 0 bridgehead atoms. The molecule has 0 aliphatic carbocycles. The predicted molar refractivity (Wildman–Crippen MR) is 93.6 cm³/mol. The standard InChI is InChI=1S/C20H17F2NO2/c1-2-17(20(24)23-19-15(21)10-6-11-16(19)22)25-18-12-5-8-13-7-3-4-9-14(13)18/h3-12,17H,2H2,1H3,(H,23,24)/t17-/m0/s1. The molecule has 0 spiro atoms. The number of hydrogen-bond acceptors (Lipinski definition) is 2. The second-order valence-electron chi connectivity index (χ2n) is 5.58. The molecule has 0 fully saturated rings. The first-order valence-corrected chi connectivity index (χ1v) is 7.99. The van der Waals surface area contributed by atoms with Crippen LogP contribution in [0.5, 0.6) is 5.75 Å². The Morgan fingerprint density at radius 1 is 1.00 bits per heavy atom. The highest BCUT2D eigenvalue weighted by Crippen LogP contribution is 2.27. The van der Waals surface area contributed by atoms with Crippen molar-refractivity contribution in [1.82, 2.24) is 0 Å². The molecule has 3 aromatic carbocycles. The molecule has 0 saturated carbocycles. The van der Waals surface area contributed by atoms with Crippen LogP contribution in [-0.4, -0.2) is 12.0 Å². The third-order valence-corrected chi connectivity index (χ3v) is 3.89. The minimum atomic E-state index is -0.871. The topological polar surface area (TPSA) is 38.3 Å². The molecule has 0 radical (unpaired) electrons. The number of rotatable bonds is 5. The Hall–Kier alpha value is -2.95. The molecule has 1 amide bonds. The molecule has 5 heteroatoms. The monoisotopic (exact) mass is 341 g/mol. The van der Waals surface area contributed by atoms with Crippen LogP contribution in [-0.2, 0) is 4.79 Å². The van der Waals surface area contributed by atoms with E-state index in [1.807, 2.05) is 36.4 Å². The van der Waals surface area contributed by atoms with E-state index in [9.17, 15) is 13.6 Å². The highest BCUT2D eigenvalue weighted by atomic mass is 19.1. The highest BCUT2D eigenvalue weighted by Gasteiger charge is 2.22. The number of fused-ring (bicyclic) bond motifs is 1. The number of carbonyl (C=O) groups excluding carboxylic acids is 1. The van der Waals surface area contributed by atoms with Gasteiger partial charge in [0.05, 0.1) is 0 Å². The summed E-state index contributed by atoms with van der Waals surface area (Å²) in [6.07, 6.45) is -0.518. The average Bonchev–Trinajstić information content (AvgIpc) is 2.62. The fourth-order valence-electron chi connectivity index (χ4n) is 2.59. The number of amides is 1. The number of para-hydroxylation sites is 1. The summed E-state index contributed by atoms with van der Waals surface area (Å²) in [4.78, 5) is 12.4. The lowest BCUT2D eigenvalue weighted by Crippen LogP contribution is -2.33. The number of carbonyl (C=O) groups is 1. The first-order chi connectivity index (χ1) is 12.1. The van der Waals surface area contributed by atoms with Crippen LogP contribution in [0.2, 0.25) is 0 Å². The summed E-state index contributed by atoms with van der Waals surface area (Å²) in [5.74, 6) is -1.70. The van der Waals surface area contributed by atoms with E-state index in [1.165, 1.54) is 6.07 Å². The van der Waals surface area contributed by atoms with Crippen LogP contribution in [0, 0.1) is 11.6 Å². The summed E-state index contributed by atoms with van der Waals surface area (Å²) < 4.78 is 33.3. The quantitative estimate of drug-likeness (QED) is 0.716. The zero-order chi connectivity index (χ0) is 17.8. The zero-order valence-electron chi connectivity index (χ0n) is 13.6. The average molecular weight is 341 g/mol. The van der Waals surface area contributed by atoms with E-state index in [4.69, 9.17) is 4.74 Å². The van der Waals surface area contributed by atoms with Gasteiger partial charge in [-0.3, -0.25) is 4.79 Å². The molecule has 0 heterocycles. The van der Waals surface area contributed by atoms with E-state index in [2.05, 4.69) is 5.32 Å². The van der Waals surface area contributed by atoms with Crippen LogP contribution in [0.3, 0.4) is 0 Å². The van der Waals surface area contributed by atoms with Crippen molar-refractivity contribution >= 4 is 22.4 Å². The number of nitrogens with one attached hydrogen (secondary N) is 1. The van der Waals surface area contributed by atoms with Crippen LogP contribution < -0.4 is 10.1 Å². The van der Waals surface area contributed by atoms with Gasteiger partial charge in [-0.15, -0.1) is 0 Å². The summed E-state index contributed by atoms with van der Waals surface area (Å²) in [6, 6.07) is 16.6. The molecule has 25 heavy (non-hydrogen) atoms. The fourth-order valence-corrected chi connectivity index (χ4v) is 2.59. The van der Waals surface area contributed by atoms with Crippen molar-refractivity contribution in [3.8, 4) is 5.75 Å². The SMILES string of the molecule is CC[C@H](Oc1cccc2ccccc12)C(=O)Nc1c(F)cccc1F. The Kier molecular flexibility index (Phi) is 4.93. The van der Waals surface area contributed by atoms with Crippen LogP contribution >= 0.6 is 0 Å². The van der Waals surface area contributed by atoms with Crippen molar-refractivity contribution in [3.63, 3.8) is 0 Å². The molecule has 0 unspecified atom stereocenters. The predicted octanol–water partition coefficient (Wildman–Crippen LogP) is 4.91. The lowest BCUT2D eigenvalue weighted by Gasteiger charge is -2.19. The molecule has 3 nitrogen and oxygen atoms in total. The van der Waals surface area contributed by atoms with Crippen LogP contribution in [0.25, 0.3) is 10.8 Å². The Balaban J connectivity index is 1.83. The smallest absolute Gasteiger partial charge is 0.265 e. The first-order valence-electron chi connectivity index (χ1n) is 7.99. The minimum Gasteiger partial charge on any atom is -0.480 e. The van der Waals surface area contributed by atoms with Crippen LogP contribution in [0.15, 0.2) is 60.7 Å². The molecule has 3 aromatic rings. The molecule has 1 N–H and O–H groups in total. The summed E-state index contributed by atoms with van der Waals surface area (Å²) in [5.41, 5.74) is -0.465. The van der Waals surface area contributed by atoms with Crippen molar-refractivity contribution < 1.29 is 18.3 Å².